The molecule has 5 aromatic rings. The van der Waals surface area contributed by atoms with Crippen LogP contribution in [0.4, 0.5) is 24.5 Å². The molecule has 1 saturated heterocycles. The van der Waals surface area contributed by atoms with Crippen LogP contribution in [0, 0.1) is 5.92 Å². The number of aromatic nitrogens is 1. The minimum absolute atomic E-state index is 0.207. The van der Waals surface area contributed by atoms with Crippen LogP contribution < -0.4 is 24.6 Å². The van der Waals surface area contributed by atoms with Gasteiger partial charge in [0, 0.05) is 21.9 Å². The molecule has 14 heteroatoms. The van der Waals surface area contributed by atoms with E-state index in [1.54, 1.807) is 30.3 Å². The van der Waals surface area contributed by atoms with Gasteiger partial charge in [-0.15, -0.1) is 0 Å². The number of imide groups is 1. The smallest absolute Gasteiger partial charge is 0.416 e. The monoisotopic (exact) mass is 705 g/mol. The summed E-state index contributed by atoms with van der Waals surface area (Å²) in [6, 6.07) is 22.0. The number of anilines is 2. The molecule has 0 radical (unpaired) electrons. The molecule has 3 heterocycles. The number of hydrogen-bond donors (Lipinski definition) is 1. The molecule has 2 aliphatic heterocycles. The SMILES string of the molecule is COc1ccc(C2c3sc(=O)n(CC(=O)Nc4cccc5ccccc45)c3SC3C(=O)N(c4cccc(C(F)(F)F)c4)C(=O)C32)cc1OC. The summed E-state index contributed by atoms with van der Waals surface area (Å²) in [5, 5.41) is 3.84. The molecule has 9 nitrogen and oxygen atoms in total. The third kappa shape index (κ3) is 5.64. The van der Waals surface area contributed by atoms with Gasteiger partial charge in [0.05, 0.1) is 36.4 Å². The summed E-state index contributed by atoms with van der Waals surface area (Å²) >= 11 is 1.82. The van der Waals surface area contributed by atoms with Gasteiger partial charge in [0.15, 0.2) is 11.5 Å². The third-order valence-corrected chi connectivity index (χ3v) is 11.2. The van der Waals surface area contributed by atoms with Crippen LogP contribution in [0.3, 0.4) is 0 Å². The lowest BCUT2D eigenvalue weighted by atomic mass is 9.83. The lowest BCUT2D eigenvalue weighted by molar-refractivity contribution is -0.137. The summed E-state index contributed by atoms with van der Waals surface area (Å²) in [5.41, 5.74) is -0.130. The molecule has 2 aliphatic rings. The van der Waals surface area contributed by atoms with Crippen molar-refractivity contribution in [1.82, 2.24) is 4.57 Å². The van der Waals surface area contributed by atoms with Gasteiger partial charge in [-0.1, -0.05) is 71.6 Å². The van der Waals surface area contributed by atoms with E-state index in [0.29, 0.717) is 32.7 Å². The summed E-state index contributed by atoms with van der Waals surface area (Å²) in [4.78, 5) is 56.0. The largest absolute Gasteiger partial charge is 0.493 e. The van der Waals surface area contributed by atoms with Gasteiger partial charge in [0.1, 0.15) is 11.8 Å². The molecule has 0 aliphatic carbocycles. The second-order valence-corrected chi connectivity index (χ2v) is 13.5. The highest BCUT2D eigenvalue weighted by Crippen LogP contribution is 2.54. The molecule has 7 rings (SSSR count). The van der Waals surface area contributed by atoms with Crippen LogP contribution in [0.2, 0.25) is 0 Å². The Hall–Kier alpha value is -5.08. The molecule has 250 valence electrons. The van der Waals surface area contributed by atoms with E-state index in [0.717, 1.165) is 57.0 Å². The van der Waals surface area contributed by atoms with Crippen molar-refractivity contribution >= 4 is 63.0 Å². The Bertz CT molecular complexity index is 2210. The molecule has 4 aromatic carbocycles. The number of nitrogens with one attached hydrogen (secondary N) is 1. The molecular weight excluding hydrogens is 680 g/mol. The van der Waals surface area contributed by atoms with E-state index in [1.807, 2.05) is 30.3 Å². The second kappa shape index (κ2) is 12.4. The van der Waals surface area contributed by atoms with Gasteiger partial charge in [-0.3, -0.25) is 23.7 Å². The Morgan fingerprint density at radius 1 is 0.878 bits per heavy atom. The average Bonchev–Trinajstić information content (AvgIpc) is 3.53. The number of alkyl halides is 3. The predicted molar refractivity (Wildman–Crippen MR) is 180 cm³/mol. The fraction of sp³-hybridized carbons (Fsp3) is 0.200. The second-order valence-electron chi connectivity index (χ2n) is 11.4. The Labute approximate surface area is 285 Å². The topological polar surface area (TPSA) is 107 Å². The van der Waals surface area contributed by atoms with Crippen molar-refractivity contribution in [2.24, 2.45) is 5.92 Å². The number of hydrogen-bond acceptors (Lipinski definition) is 8. The number of methoxy groups -OCH3 is 2. The number of nitrogens with zero attached hydrogens (tertiary/aromatic N) is 2. The number of thioether (sulfide) groups is 1. The number of amides is 3. The van der Waals surface area contributed by atoms with Crippen LogP contribution in [0.15, 0.2) is 94.7 Å². The lowest BCUT2D eigenvalue weighted by Crippen LogP contribution is -2.33. The minimum atomic E-state index is -4.70. The molecule has 3 amide bonds. The maximum atomic E-state index is 14.2. The minimum Gasteiger partial charge on any atom is -0.493 e. The van der Waals surface area contributed by atoms with Crippen LogP contribution >= 0.6 is 23.1 Å². The number of carbonyl (C=O) groups is 3. The molecular formula is C35H26F3N3O6S2. The standard InChI is InChI=1S/C35H26F3N3O6S2/c1-46-24-14-13-19(15-25(24)47-2)27-28-29(32(44)41(31(28)43)21-10-6-9-20(16-21)35(36,37)38)48-33-30(27)49-34(45)40(33)17-26(42)39-23-12-5-8-18-7-3-4-11-22(18)23/h3-16,27-29H,17H2,1-2H3,(H,39,42). The fourth-order valence-electron chi connectivity index (χ4n) is 6.40. The zero-order chi connectivity index (χ0) is 34.6. The van der Waals surface area contributed by atoms with E-state index in [1.165, 1.54) is 24.9 Å². The molecule has 3 unspecified atom stereocenters. The Morgan fingerprint density at radius 3 is 2.37 bits per heavy atom. The quantitative estimate of drug-likeness (QED) is 0.192. The third-order valence-electron chi connectivity index (χ3n) is 8.61. The number of benzene rings is 4. The molecule has 1 aromatic heterocycles. The maximum Gasteiger partial charge on any atom is 0.416 e. The number of halogens is 3. The zero-order valence-corrected chi connectivity index (χ0v) is 27.4. The highest BCUT2D eigenvalue weighted by Gasteiger charge is 2.57. The van der Waals surface area contributed by atoms with E-state index < -0.39 is 51.4 Å². The molecule has 49 heavy (non-hydrogen) atoms. The zero-order valence-electron chi connectivity index (χ0n) is 25.8. The van der Waals surface area contributed by atoms with E-state index in [9.17, 15) is 32.3 Å². The maximum absolute atomic E-state index is 14.2. The van der Waals surface area contributed by atoms with Crippen molar-refractivity contribution in [2.75, 3.05) is 24.4 Å². The highest BCUT2D eigenvalue weighted by molar-refractivity contribution is 8.00. The van der Waals surface area contributed by atoms with Crippen molar-refractivity contribution in [3.63, 3.8) is 0 Å². The molecule has 1 N–H and O–H groups in total. The predicted octanol–water partition coefficient (Wildman–Crippen LogP) is 6.53. The first kappa shape index (κ1) is 32.5. The van der Waals surface area contributed by atoms with Crippen molar-refractivity contribution in [3.05, 3.63) is 111 Å². The van der Waals surface area contributed by atoms with Crippen molar-refractivity contribution in [1.29, 1.82) is 0 Å². The van der Waals surface area contributed by atoms with Gasteiger partial charge in [-0.05, 0) is 47.3 Å². The average molecular weight is 706 g/mol. The summed E-state index contributed by atoms with van der Waals surface area (Å²) < 4.78 is 53.0. The van der Waals surface area contributed by atoms with Gasteiger partial charge in [0.2, 0.25) is 17.7 Å². The van der Waals surface area contributed by atoms with Crippen LogP contribution in [0.5, 0.6) is 11.5 Å². The summed E-state index contributed by atoms with van der Waals surface area (Å²) in [6.07, 6.45) is -4.70. The fourth-order valence-corrected chi connectivity index (χ4v) is 9.18. The van der Waals surface area contributed by atoms with Crippen molar-refractivity contribution in [3.8, 4) is 11.5 Å². The number of ether oxygens (including phenoxy) is 2. The van der Waals surface area contributed by atoms with Crippen LogP contribution in [0.1, 0.15) is 21.9 Å². The summed E-state index contributed by atoms with van der Waals surface area (Å²) in [5.74, 6) is -3.10. The van der Waals surface area contributed by atoms with Gasteiger partial charge in [0.25, 0.3) is 0 Å². The highest BCUT2D eigenvalue weighted by atomic mass is 32.2. The van der Waals surface area contributed by atoms with Gasteiger partial charge < -0.3 is 14.8 Å². The van der Waals surface area contributed by atoms with Crippen molar-refractivity contribution < 1.29 is 37.0 Å². The van der Waals surface area contributed by atoms with Gasteiger partial charge in [-0.2, -0.15) is 13.2 Å². The molecule has 3 atom stereocenters. The normalized spacial score (nSPS) is 18.7. The molecule has 0 bridgehead atoms. The molecule has 1 fully saturated rings. The van der Waals surface area contributed by atoms with Crippen LogP contribution in [-0.4, -0.2) is 41.8 Å². The first-order chi connectivity index (χ1) is 23.5. The lowest BCUT2D eigenvalue weighted by Gasteiger charge is -2.31. The molecule has 0 spiro atoms. The first-order valence-corrected chi connectivity index (χ1v) is 16.6. The summed E-state index contributed by atoms with van der Waals surface area (Å²) in [6.45, 7) is -0.379. The van der Waals surface area contributed by atoms with Gasteiger partial charge in [-0.25, -0.2) is 4.90 Å². The molecule has 0 saturated carbocycles. The Kier molecular flexibility index (Phi) is 8.23. The van der Waals surface area contributed by atoms with E-state index in [2.05, 4.69) is 5.32 Å². The van der Waals surface area contributed by atoms with E-state index in [4.69, 9.17) is 9.47 Å². The van der Waals surface area contributed by atoms with E-state index in [-0.39, 0.29) is 12.2 Å². The number of rotatable bonds is 7. The number of thiazole rings is 1. The Balaban J connectivity index is 1.31. The van der Waals surface area contributed by atoms with Gasteiger partial charge >= 0.3 is 11.0 Å². The van der Waals surface area contributed by atoms with Crippen molar-refractivity contribution in [2.45, 2.75) is 28.9 Å². The van der Waals surface area contributed by atoms with E-state index >= 15 is 0 Å². The van der Waals surface area contributed by atoms with Crippen LogP contribution in [0.25, 0.3) is 10.8 Å². The van der Waals surface area contributed by atoms with Crippen LogP contribution in [-0.2, 0) is 27.1 Å². The Morgan fingerprint density at radius 2 is 1.61 bits per heavy atom. The summed E-state index contributed by atoms with van der Waals surface area (Å²) in [7, 11) is 2.90. The number of fused-ring (bicyclic) bond motifs is 3. The first-order valence-electron chi connectivity index (χ1n) is 14.9. The number of carbonyl (C=O) groups excluding carboxylic acids is 3.